The predicted octanol–water partition coefficient (Wildman–Crippen LogP) is 2.12. The zero-order chi connectivity index (χ0) is 17.4. The Kier molecular flexibility index (Phi) is 10.1. The van der Waals surface area contributed by atoms with Crippen molar-refractivity contribution < 1.29 is 9.53 Å². The molecule has 1 atom stereocenters. The average Bonchev–Trinajstić information content (AvgIpc) is 3.08. The summed E-state index contributed by atoms with van der Waals surface area (Å²) in [5.74, 6) is 1.12. The van der Waals surface area contributed by atoms with Gasteiger partial charge in [0.2, 0.25) is 5.91 Å². The predicted molar refractivity (Wildman–Crippen MR) is 112 cm³/mol. The number of ether oxygens (including phenoxy) is 1. The number of amides is 1. The van der Waals surface area contributed by atoms with Crippen LogP contribution in [-0.2, 0) is 16.1 Å². The number of hydrogen-bond donors (Lipinski definition) is 2. The lowest BCUT2D eigenvalue weighted by Gasteiger charge is -2.16. The van der Waals surface area contributed by atoms with E-state index >= 15 is 0 Å². The van der Waals surface area contributed by atoms with Crippen molar-refractivity contribution in [1.29, 1.82) is 0 Å². The molecule has 1 heterocycles. The molecule has 6 nitrogen and oxygen atoms in total. The summed E-state index contributed by atoms with van der Waals surface area (Å²) in [5.41, 5.74) is 1.06. The molecule has 1 fully saturated rings. The van der Waals surface area contributed by atoms with E-state index in [1.54, 1.807) is 19.0 Å². The largest absolute Gasteiger partial charge is 0.381 e. The highest BCUT2D eigenvalue weighted by Crippen LogP contribution is 2.11. The number of likely N-dealkylation sites (N-methyl/N-ethyl adjacent to an activating group) is 1. The summed E-state index contributed by atoms with van der Waals surface area (Å²) >= 11 is 5.90. The molecule has 0 spiro atoms. The van der Waals surface area contributed by atoms with Crippen molar-refractivity contribution in [2.45, 2.75) is 13.0 Å². The minimum atomic E-state index is 0. The third-order valence-electron chi connectivity index (χ3n) is 3.82. The fourth-order valence-electron chi connectivity index (χ4n) is 2.24. The van der Waals surface area contributed by atoms with E-state index in [9.17, 15) is 4.79 Å². The molecule has 140 valence electrons. The van der Waals surface area contributed by atoms with Gasteiger partial charge in [0, 0.05) is 38.2 Å². The third kappa shape index (κ3) is 8.24. The Morgan fingerprint density at radius 3 is 2.64 bits per heavy atom. The van der Waals surface area contributed by atoms with Crippen LogP contribution in [0.15, 0.2) is 29.3 Å². The van der Waals surface area contributed by atoms with Crippen LogP contribution in [-0.4, -0.2) is 57.2 Å². The van der Waals surface area contributed by atoms with E-state index in [0.717, 1.165) is 31.7 Å². The number of carbonyl (C=O) groups excluding carboxylic acids is 1. The first kappa shape index (κ1) is 22.0. The molecule has 25 heavy (non-hydrogen) atoms. The number of halogens is 2. The van der Waals surface area contributed by atoms with Gasteiger partial charge in [-0.3, -0.25) is 4.79 Å². The third-order valence-corrected chi connectivity index (χ3v) is 4.07. The molecular formula is C17H26ClIN4O2. The number of nitrogens with zero attached hydrogens (tertiary/aromatic N) is 2. The maximum Gasteiger partial charge on any atom is 0.241 e. The molecule has 1 amide bonds. The van der Waals surface area contributed by atoms with Crippen molar-refractivity contribution in [2.24, 2.45) is 10.9 Å². The summed E-state index contributed by atoms with van der Waals surface area (Å²) in [6.45, 7) is 3.09. The van der Waals surface area contributed by atoms with Crippen LogP contribution in [0, 0.1) is 5.92 Å². The maximum atomic E-state index is 11.8. The lowest BCUT2D eigenvalue weighted by Crippen LogP contribution is -2.44. The molecule has 2 rings (SSSR count). The van der Waals surface area contributed by atoms with Gasteiger partial charge in [-0.25, -0.2) is 4.99 Å². The normalized spacial score (nSPS) is 16.9. The molecule has 2 N–H and O–H groups in total. The van der Waals surface area contributed by atoms with Gasteiger partial charge in [0.1, 0.15) is 0 Å². The van der Waals surface area contributed by atoms with Crippen LogP contribution in [0.2, 0.25) is 5.02 Å². The van der Waals surface area contributed by atoms with E-state index in [1.165, 1.54) is 0 Å². The molecule has 1 unspecified atom stereocenters. The first-order valence-corrected chi connectivity index (χ1v) is 8.47. The molecule has 0 saturated carbocycles. The van der Waals surface area contributed by atoms with E-state index in [0.29, 0.717) is 23.4 Å². The van der Waals surface area contributed by atoms with Gasteiger partial charge in [-0.05, 0) is 24.1 Å². The number of guanidine groups is 1. The molecule has 1 saturated heterocycles. The second-order valence-corrected chi connectivity index (χ2v) is 6.48. The monoisotopic (exact) mass is 480 g/mol. The minimum Gasteiger partial charge on any atom is -0.381 e. The summed E-state index contributed by atoms with van der Waals surface area (Å²) in [6, 6.07) is 7.58. The fourth-order valence-corrected chi connectivity index (χ4v) is 2.36. The van der Waals surface area contributed by atoms with Crippen LogP contribution in [0.25, 0.3) is 0 Å². The van der Waals surface area contributed by atoms with Crippen molar-refractivity contribution in [1.82, 2.24) is 15.5 Å². The Balaban J connectivity index is 0.00000312. The molecule has 1 aliphatic heterocycles. The van der Waals surface area contributed by atoms with Crippen molar-refractivity contribution in [2.75, 3.05) is 40.4 Å². The Hall–Kier alpha value is -1.06. The van der Waals surface area contributed by atoms with Crippen molar-refractivity contribution in [3.8, 4) is 0 Å². The van der Waals surface area contributed by atoms with Crippen LogP contribution in [0.5, 0.6) is 0 Å². The van der Waals surface area contributed by atoms with Gasteiger partial charge >= 0.3 is 0 Å². The van der Waals surface area contributed by atoms with Gasteiger partial charge in [0.15, 0.2) is 5.96 Å². The number of carbonyl (C=O) groups is 1. The molecule has 0 aromatic heterocycles. The van der Waals surface area contributed by atoms with Gasteiger partial charge < -0.3 is 20.3 Å². The highest BCUT2D eigenvalue weighted by molar-refractivity contribution is 14.0. The quantitative estimate of drug-likeness (QED) is 0.372. The van der Waals surface area contributed by atoms with E-state index < -0.39 is 0 Å². The first-order valence-electron chi connectivity index (χ1n) is 8.09. The Labute approximate surface area is 171 Å². The SMILES string of the molecule is CN(C)C(=O)CNC(=NCc1ccc(Cl)cc1)NCC1CCOC1.I. The molecule has 1 aromatic rings. The molecule has 1 aliphatic rings. The van der Waals surface area contributed by atoms with Crippen LogP contribution >= 0.6 is 35.6 Å². The number of aliphatic imine (C=N–C) groups is 1. The smallest absolute Gasteiger partial charge is 0.241 e. The van der Waals surface area contributed by atoms with E-state index in [1.807, 2.05) is 24.3 Å². The lowest BCUT2D eigenvalue weighted by atomic mass is 10.1. The fraction of sp³-hybridized carbons (Fsp3) is 0.529. The summed E-state index contributed by atoms with van der Waals surface area (Å²) in [4.78, 5) is 17.9. The molecule has 1 aromatic carbocycles. The minimum absolute atomic E-state index is 0. The van der Waals surface area contributed by atoms with Crippen LogP contribution < -0.4 is 10.6 Å². The van der Waals surface area contributed by atoms with Crippen LogP contribution in [0.1, 0.15) is 12.0 Å². The van der Waals surface area contributed by atoms with E-state index in [-0.39, 0.29) is 36.4 Å². The molecule has 0 radical (unpaired) electrons. The summed E-state index contributed by atoms with van der Waals surface area (Å²) in [7, 11) is 3.47. The molecule has 0 bridgehead atoms. The average molecular weight is 481 g/mol. The summed E-state index contributed by atoms with van der Waals surface area (Å²) in [5, 5.41) is 7.09. The zero-order valence-electron chi connectivity index (χ0n) is 14.6. The number of hydrogen-bond acceptors (Lipinski definition) is 3. The highest BCUT2D eigenvalue weighted by atomic mass is 127. The van der Waals surface area contributed by atoms with Crippen LogP contribution in [0.4, 0.5) is 0 Å². The zero-order valence-corrected chi connectivity index (χ0v) is 17.7. The maximum absolute atomic E-state index is 11.8. The Morgan fingerprint density at radius 2 is 2.04 bits per heavy atom. The molecule has 8 heteroatoms. The Morgan fingerprint density at radius 1 is 1.32 bits per heavy atom. The number of benzene rings is 1. The van der Waals surface area contributed by atoms with Crippen molar-refractivity contribution in [3.63, 3.8) is 0 Å². The van der Waals surface area contributed by atoms with Gasteiger partial charge in [0.05, 0.1) is 19.7 Å². The van der Waals surface area contributed by atoms with Crippen molar-refractivity contribution >= 4 is 47.4 Å². The van der Waals surface area contributed by atoms with Crippen LogP contribution in [0.3, 0.4) is 0 Å². The van der Waals surface area contributed by atoms with Gasteiger partial charge in [-0.1, -0.05) is 23.7 Å². The summed E-state index contributed by atoms with van der Waals surface area (Å²) in [6.07, 6.45) is 1.05. The molecular weight excluding hydrogens is 455 g/mol. The van der Waals surface area contributed by atoms with E-state index in [2.05, 4.69) is 15.6 Å². The number of rotatable bonds is 6. The second-order valence-electron chi connectivity index (χ2n) is 6.04. The first-order chi connectivity index (χ1) is 11.5. The topological polar surface area (TPSA) is 66.0 Å². The molecule has 0 aliphatic carbocycles. The Bertz CT molecular complexity index is 560. The number of nitrogens with one attached hydrogen (secondary N) is 2. The van der Waals surface area contributed by atoms with Gasteiger partial charge in [-0.15, -0.1) is 24.0 Å². The van der Waals surface area contributed by atoms with Gasteiger partial charge in [-0.2, -0.15) is 0 Å². The summed E-state index contributed by atoms with van der Waals surface area (Å²) < 4.78 is 5.39. The standard InChI is InChI=1S/C17H25ClN4O2.HI/c1-22(2)16(23)11-21-17(20-10-14-7-8-24-12-14)19-9-13-3-5-15(18)6-4-13;/h3-6,14H,7-12H2,1-2H3,(H2,19,20,21);1H. The van der Waals surface area contributed by atoms with Crippen molar-refractivity contribution in [3.05, 3.63) is 34.9 Å². The highest BCUT2D eigenvalue weighted by Gasteiger charge is 2.16. The lowest BCUT2D eigenvalue weighted by molar-refractivity contribution is -0.127. The van der Waals surface area contributed by atoms with E-state index in [4.69, 9.17) is 16.3 Å². The van der Waals surface area contributed by atoms with Gasteiger partial charge in [0.25, 0.3) is 0 Å². The second kappa shape index (κ2) is 11.5.